The molecule has 6 aromatic rings. The molecule has 0 radical (unpaired) electrons. The van der Waals surface area contributed by atoms with Crippen LogP contribution in [0.1, 0.15) is 15.9 Å². The first kappa shape index (κ1) is 38.7. The van der Waals surface area contributed by atoms with Crippen LogP contribution in [0.5, 0.6) is 0 Å². The van der Waals surface area contributed by atoms with Gasteiger partial charge in [-0.3, -0.25) is 9.59 Å². The van der Waals surface area contributed by atoms with Crippen LogP contribution in [0, 0.1) is 0 Å². The third-order valence-corrected chi connectivity index (χ3v) is 9.80. The Hall–Kier alpha value is -4.53. The Balaban J connectivity index is 0.00000261. The number of carbonyl (C=O) groups is 1. The third-order valence-electron chi connectivity index (χ3n) is 7.88. The molecule has 20 heteroatoms. The molecule has 7 rings (SSSR count). The van der Waals surface area contributed by atoms with Crippen molar-refractivity contribution in [3.8, 4) is 11.1 Å². The fourth-order valence-corrected chi connectivity index (χ4v) is 6.90. The number of benzene rings is 4. The minimum Gasteiger partial charge on any atom is -0.744 e. The van der Waals surface area contributed by atoms with E-state index in [0.717, 1.165) is 18.2 Å². The molecule has 0 unspecified atom stereocenters. The average molecular weight is 744 g/mol. The summed E-state index contributed by atoms with van der Waals surface area (Å²) in [5.41, 5.74) is 2.36. The Morgan fingerprint density at radius 3 is 1.92 bits per heavy atom. The van der Waals surface area contributed by atoms with E-state index in [0.29, 0.717) is 33.3 Å². The van der Waals surface area contributed by atoms with Crippen molar-refractivity contribution in [1.82, 2.24) is 19.5 Å². The number of carbonyl (C=O) groups excluding carboxylic acids is 1. The first-order valence-corrected chi connectivity index (χ1v) is 17.6. The maximum atomic E-state index is 13.9. The van der Waals surface area contributed by atoms with Crippen molar-refractivity contribution in [1.29, 1.82) is 0 Å². The monoisotopic (exact) mass is 743 g/mol. The second-order valence-corrected chi connectivity index (χ2v) is 14.0. The molecule has 52 heavy (non-hydrogen) atoms. The Morgan fingerprint density at radius 1 is 0.673 bits per heavy atom. The molecule has 0 aliphatic heterocycles. The molecule has 15 nitrogen and oxygen atoms in total. The molecule has 2 aromatic heterocycles. The van der Waals surface area contributed by atoms with Gasteiger partial charge in [-0.1, -0.05) is 24.3 Å². The van der Waals surface area contributed by atoms with Crippen LogP contribution in [0.25, 0.3) is 22.0 Å². The molecule has 2 heterocycles. The third kappa shape index (κ3) is 7.37. The van der Waals surface area contributed by atoms with Crippen molar-refractivity contribution in [2.75, 3.05) is 16.0 Å². The molecule has 0 spiro atoms. The van der Waals surface area contributed by atoms with Crippen molar-refractivity contribution in [2.45, 2.75) is 9.79 Å². The number of pyridine rings is 1. The molecule has 1 aliphatic carbocycles. The van der Waals surface area contributed by atoms with Crippen molar-refractivity contribution >= 4 is 83.2 Å². The summed E-state index contributed by atoms with van der Waals surface area (Å²) in [6.07, 6.45) is 0. The summed E-state index contributed by atoms with van der Waals surface area (Å²) in [6, 6.07) is 19.9. The van der Waals surface area contributed by atoms with Crippen LogP contribution in [0.4, 0.5) is 34.6 Å². The van der Waals surface area contributed by atoms with E-state index in [4.69, 9.17) is 11.6 Å². The number of nitrogens with one attached hydrogen (secondary N) is 3. The zero-order valence-corrected chi connectivity index (χ0v) is 29.7. The summed E-state index contributed by atoms with van der Waals surface area (Å²) in [5, 5.41) is 8.87. The van der Waals surface area contributed by atoms with Crippen LogP contribution in [0.2, 0.25) is 5.28 Å². The van der Waals surface area contributed by atoms with Gasteiger partial charge in [0.25, 0.3) is 5.56 Å². The number of hydrogen-bond acceptors (Lipinski definition) is 14. The molecule has 0 atom stereocenters. The van der Waals surface area contributed by atoms with E-state index < -0.39 is 30.0 Å². The topological polar surface area (TPSA) is 228 Å². The van der Waals surface area contributed by atoms with Gasteiger partial charge >= 0.3 is 37.7 Å². The van der Waals surface area contributed by atoms with Gasteiger partial charge in [0, 0.05) is 35.4 Å². The number of ketones is 1. The van der Waals surface area contributed by atoms with Gasteiger partial charge in [-0.05, 0) is 77.3 Å². The predicted octanol–water partition coefficient (Wildman–Crippen LogP) is -1.36. The SMILES string of the molecule is Cn1c(=O)cc2c3c(c(Nc4cc(Nc5nc(Cl)nc(Nc6ccc(S(=O)(=O)[O-])cc6)n5)ccc4S(=O)(=O)[O-])ccc31)C(=O)c1ccccc1-2.[Li+].[Li+]. The Bertz CT molecular complexity index is 2720. The normalized spacial score (nSPS) is 12.0. The molecular formula is C32H20ClLi2N7O8S2. The minimum atomic E-state index is -5.03. The molecule has 252 valence electrons. The van der Waals surface area contributed by atoms with Gasteiger partial charge in [0.15, 0.2) is 5.78 Å². The van der Waals surface area contributed by atoms with Gasteiger partial charge in [-0.15, -0.1) is 0 Å². The van der Waals surface area contributed by atoms with Gasteiger partial charge in [0.1, 0.15) is 20.2 Å². The maximum absolute atomic E-state index is 13.9. The van der Waals surface area contributed by atoms with E-state index >= 15 is 0 Å². The number of aryl methyl sites for hydroxylation is 1. The van der Waals surface area contributed by atoms with E-state index in [1.54, 1.807) is 37.4 Å². The van der Waals surface area contributed by atoms with Gasteiger partial charge < -0.3 is 29.6 Å². The summed E-state index contributed by atoms with van der Waals surface area (Å²) in [4.78, 5) is 38.0. The van der Waals surface area contributed by atoms with Crippen LogP contribution in [0.15, 0.2) is 99.5 Å². The maximum Gasteiger partial charge on any atom is 1.00 e. The summed E-state index contributed by atoms with van der Waals surface area (Å²) in [7, 11) is -8.11. The number of nitrogens with zero attached hydrogens (tertiary/aromatic N) is 4. The van der Waals surface area contributed by atoms with Crippen molar-refractivity contribution in [3.05, 3.63) is 112 Å². The van der Waals surface area contributed by atoms with E-state index in [-0.39, 0.29) is 88.9 Å². The van der Waals surface area contributed by atoms with Crippen molar-refractivity contribution < 1.29 is 68.5 Å². The van der Waals surface area contributed by atoms with Crippen LogP contribution < -0.4 is 59.2 Å². The fourth-order valence-electron chi connectivity index (χ4n) is 5.65. The van der Waals surface area contributed by atoms with Crippen LogP contribution in [-0.2, 0) is 27.3 Å². The van der Waals surface area contributed by atoms with Gasteiger partial charge in [-0.2, -0.15) is 15.0 Å². The first-order valence-electron chi connectivity index (χ1n) is 14.4. The number of rotatable bonds is 8. The average Bonchev–Trinajstić information content (AvgIpc) is 3.05. The Labute approximate surface area is 324 Å². The molecule has 0 saturated heterocycles. The van der Waals surface area contributed by atoms with Gasteiger partial charge in [0.2, 0.25) is 17.2 Å². The smallest absolute Gasteiger partial charge is 0.744 e. The summed E-state index contributed by atoms with van der Waals surface area (Å²) in [5.74, 6) is -0.542. The Kier molecular flexibility index (Phi) is 10.8. The van der Waals surface area contributed by atoms with Crippen LogP contribution in [0.3, 0.4) is 0 Å². The summed E-state index contributed by atoms with van der Waals surface area (Å²) < 4.78 is 72.2. The largest absolute Gasteiger partial charge is 1.00 e. The molecule has 0 bridgehead atoms. The van der Waals surface area contributed by atoms with E-state index in [2.05, 4.69) is 30.9 Å². The summed E-state index contributed by atoms with van der Waals surface area (Å²) >= 11 is 6.11. The van der Waals surface area contributed by atoms with E-state index in [9.17, 15) is 35.5 Å². The molecule has 0 saturated carbocycles. The second-order valence-electron chi connectivity index (χ2n) is 11.0. The quantitative estimate of drug-likeness (QED) is 0.121. The fraction of sp³-hybridized carbons (Fsp3) is 0.0312. The zero-order valence-electron chi connectivity index (χ0n) is 27.3. The molecule has 0 amide bonds. The van der Waals surface area contributed by atoms with Crippen LogP contribution >= 0.6 is 11.6 Å². The molecule has 3 N–H and O–H groups in total. The number of fused-ring (bicyclic) bond motifs is 2. The second kappa shape index (κ2) is 14.5. The Morgan fingerprint density at radius 2 is 1.29 bits per heavy atom. The van der Waals surface area contributed by atoms with Crippen LogP contribution in [-0.4, -0.2) is 51.2 Å². The number of anilines is 6. The van der Waals surface area contributed by atoms with E-state index in [1.807, 2.05) is 0 Å². The molecule has 4 aromatic carbocycles. The number of halogens is 1. The minimum absolute atomic E-state index is 0. The predicted molar refractivity (Wildman–Crippen MR) is 182 cm³/mol. The van der Waals surface area contributed by atoms with E-state index in [1.165, 1.54) is 41.0 Å². The molecule has 0 fully saturated rings. The molecular weight excluding hydrogens is 724 g/mol. The standard InChI is InChI=1S/C32H22ClN7O8S2.2Li/c1-40-24-12-11-22(28-27(24)21(15-26(40)41)19-4-2-3-5-20(19)29(28)42)36-23-14-17(8-13-25(23)50(46,47)48)35-32-38-30(33)37-31(39-32)34-16-6-9-18(10-7-16)49(43,44)45;;/h2-15,36H,1H3,(H,43,44,45)(H,46,47,48)(H2,34,35,37,38,39);;/q;2*+1/p-2. The summed E-state index contributed by atoms with van der Waals surface area (Å²) in [6.45, 7) is 0. The number of hydrogen-bond donors (Lipinski definition) is 3. The van der Waals surface area contributed by atoms with Crippen molar-refractivity contribution in [3.63, 3.8) is 0 Å². The van der Waals surface area contributed by atoms with Crippen molar-refractivity contribution in [2.24, 2.45) is 7.05 Å². The molecule has 1 aliphatic rings. The van der Waals surface area contributed by atoms with Gasteiger partial charge in [-0.25, -0.2) is 16.8 Å². The van der Waals surface area contributed by atoms with Gasteiger partial charge in [0.05, 0.1) is 32.2 Å². The first-order chi connectivity index (χ1) is 23.7. The zero-order chi connectivity index (χ0) is 35.5. The number of aromatic nitrogens is 4.